The Morgan fingerprint density at radius 3 is 2.76 bits per heavy atom. The van der Waals surface area contributed by atoms with Crippen molar-refractivity contribution >= 4 is 40.0 Å². The summed E-state index contributed by atoms with van der Waals surface area (Å²) in [6.45, 7) is 4.22. The first-order valence-electron chi connectivity index (χ1n) is 6.37. The molecule has 0 atom stereocenters. The number of carboxylic acid groups (broad SMARTS) is 1. The van der Waals surface area contributed by atoms with Crippen LogP contribution in [-0.2, 0) is 11.2 Å². The molecule has 0 fully saturated rings. The van der Waals surface area contributed by atoms with Gasteiger partial charge in [0.1, 0.15) is 5.01 Å². The molecule has 3 rings (SSSR count). The molecule has 0 aromatic carbocycles. The number of nitrogens with zero attached hydrogens (tertiary/aromatic N) is 1. The number of aliphatic carboxylic acids is 1. The van der Waals surface area contributed by atoms with Crippen molar-refractivity contribution in [3.63, 3.8) is 0 Å². The average Bonchev–Trinajstić information content (AvgIpc) is 3.08. The van der Waals surface area contributed by atoms with Crippen LogP contribution in [0.5, 0.6) is 0 Å². The highest BCUT2D eigenvalue weighted by molar-refractivity contribution is 7.17. The van der Waals surface area contributed by atoms with E-state index in [4.69, 9.17) is 10.1 Å². The number of hydrogen-bond acceptors (Lipinski definition) is 5. The summed E-state index contributed by atoms with van der Waals surface area (Å²) in [5, 5.41) is 11.9. The molecule has 0 saturated heterocycles. The number of aryl methyl sites for hydroxylation is 2. The van der Waals surface area contributed by atoms with Crippen molar-refractivity contribution in [1.82, 2.24) is 4.98 Å². The molecule has 6 heteroatoms. The van der Waals surface area contributed by atoms with E-state index >= 15 is 0 Å². The van der Waals surface area contributed by atoms with Crippen LogP contribution in [0, 0.1) is 13.8 Å². The Morgan fingerprint density at radius 2 is 2.10 bits per heavy atom. The van der Waals surface area contributed by atoms with Gasteiger partial charge in [-0.25, -0.2) is 4.98 Å². The van der Waals surface area contributed by atoms with Crippen molar-refractivity contribution in [2.45, 2.75) is 20.3 Å². The molecular weight excluding hydrogens is 322 g/mol. The zero-order valence-corrected chi connectivity index (χ0v) is 14.0. The number of hydrogen-bond donors (Lipinski definition) is 1. The molecular formula is C15H13NO2S3. The Kier molecular flexibility index (Phi) is 3.93. The number of aromatic nitrogens is 1. The second-order valence-corrected chi connectivity index (χ2v) is 8.19. The minimum absolute atomic E-state index is 0.0739. The van der Waals surface area contributed by atoms with Gasteiger partial charge in [-0.2, -0.15) is 0 Å². The van der Waals surface area contributed by atoms with Gasteiger partial charge in [0.15, 0.2) is 0 Å². The van der Waals surface area contributed by atoms with Gasteiger partial charge in [0.25, 0.3) is 0 Å². The largest absolute Gasteiger partial charge is 0.481 e. The summed E-state index contributed by atoms with van der Waals surface area (Å²) in [6.07, 6.45) is 0.0739. The monoisotopic (exact) mass is 335 g/mol. The maximum atomic E-state index is 10.7. The van der Waals surface area contributed by atoms with Crippen molar-refractivity contribution in [2.24, 2.45) is 0 Å². The number of rotatable bonds is 4. The molecule has 21 heavy (non-hydrogen) atoms. The van der Waals surface area contributed by atoms with Gasteiger partial charge in [-0.3, -0.25) is 4.79 Å². The fraction of sp³-hybridized carbons (Fsp3) is 0.200. The summed E-state index contributed by atoms with van der Waals surface area (Å²) in [7, 11) is 0. The summed E-state index contributed by atoms with van der Waals surface area (Å²) in [5.74, 6) is -0.799. The van der Waals surface area contributed by atoms with Crippen LogP contribution in [-0.4, -0.2) is 16.1 Å². The van der Waals surface area contributed by atoms with Gasteiger partial charge in [-0.05, 0) is 32.0 Å². The van der Waals surface area contributed by atoms with E-state index in [0.717, 1.165) is 20.5 Å². The van der Waals surface area contributed by atoms with Gasteiger partial charge in [-0.15, -0.1) is 34.0 Å². The molecule has 0 saturated carbocycles. The Morgan fingerprint density at radius 1 is 1.29 bits per heavy atom. The quantitative estimate of drug-likeness (QED) is 0.742. The first-order valence-corrected chi connectivity index (χ1v) is 8.88. The van der Waals surface area contributed by atoms with E-state index in [0.29, 0.717) is 0 Å². The van der Waals surface area contributed by atoms with Crippen LogP contribution in [0.4, 0.5) is 0 Å². The van der Waals surface area contributed by atoms with Gasteiger partial charge in [-0.1, -0.05) is 0 Å². The van der Waals surface area contributed by atoms with E-state index in [1.165, 1.54) is 26.7 Å². The lowest BCUT2D eigenvalue weighted by molar-refractivity contribution is -0.136. The first-order chi connectivity index (χ1) is 10.0. The van der Waals surface area contributed by atoms with E-state index in [-0.39, 0.29) is 6.42 Å². The SMILES string of the molecule is Cc1cc(-c2nc(-c3ccc(CC(=O)O)s3)cs2)c(C)s1. The summed E-state index contributed by atoms with van der Waals surface area (Å²) < 4.78 is 0. The number of carbonyl (C=O) groups is 1. The Hall–Kier alpha value is -1.50. The van der Waals surface area contributed by atoms with Crippen LogP contribution >= 0.6 is 34.0 Å². The van der Waals surface area contributed by atoms with Gasteiger partial charge in [0, 0.05) is 25.6 Å². The highest BCUT2D eigenvalue weighted by atomic mass is 32.1. The van der Waals surface area contributed by atoms with Crippen LogP contribution in [0.15, 0.2) is 23.6 Å². The smallest absolute Gasteiger partial charge is 0.308 e. The van der Waals surface area contributed by atoms with Gasteiger partial charge >= 0.3 is 5.97 Å². The molecule has 1 N–H and O–H groups in total. The molecule has 3 nitrogen and oxygen atoms in total. The van der Waals surface area contributed by atoms with Crippen molar-refractivity contribution in [1.29, 1.82) is 0 Å². The van der Waals surface area contributed by atoms with Crippen molar-refractivity contribution < 1.29 is 9.90 Å². The standard InChI is InChI=1S/C15H13NO2S3/c1-8-5-11(9(2)20-8)15-16-12(7-19-15)13-4-3-10(21-13)6-14(17)18/h3-5,7H,6H2,1-2H3,(H,17,18). The maximum absolute atomic E-state index is 10.7. The summed E-state index contributed by atoms with van der Waals surface area (Å²) in [6, 6.07) is 5.99. The third kappa shape index (κ3) is 3.07. The van der Waals surface area contributed by atoms with Gasteiger partial charge in [0.2, 0.25) is 0 Å². The van der Waals surface area contributed by atoms with E-state index in [9.17, 15) is 4.79 Å². The molecule has 0 unspecified atom stereocenters. The predicted octanol–water partition coefficient (Wildman–Crippen LogP) is 4.84. The van der Waals surface area contributed by atoms with Crippen molar-refractivity contribution in [2.75, 3.05) is 0 Å². The molecule has 0 aliphatic carbocycles. The fourth-order valence-electron chi connectivity index (χ4n) is 2.11. The van der Waals surface area contributed by atoms with Gasteiger partial charge < -0.3 is 5.11 Å². The molecule has 0 radical (unpaired) electrons. The first kappa shape index (κ1) is 14.4. The molecule has 3 aromatic rings. The lowest BCUT2D eigenvalue weighted by Gasteiger charge is -1.93. The number of carboxylic acids is 1. The minimum atomic E-state index is -0.799. The molecule has 108 valence electrons. The molecule has 3 heterocycles. The predicted molar refractivity (Wildman–Crippen MR) is 89.6 cm³/mol. The van der Waals surface area contributed by atoms with Crippen LogP contribution in [0.25, 0.3) is 21.1 Å². The Bertz CT molecular complexity index is 798. The summed E-state index contributed by atoms with van der Waals surface area (Å²) in [4.78, 5) is 19.9. The van der Waals surface area contributed by atoms with E-state index in [1.807, 2.05) is 17.5 Å². The second kappa shape index (κ2) is 5.71. The molecule has 0 spiro atoms. The number of thiophene rings is 2. The normalized spacial score (nSPS) is 11.0. The lowest BCUT2D eigenvalue weighted by Crippen LogP contribution is -1.96. The Labute approximate surface area is 134 Å². The minimum Gasteiger partial charge on any atom is -0.481 e. The van der Waals surface area contributed by atoms with Crippen molar-refractivity contribution in [3.8, 4) is 21.1 Å². The van der Waals surface area contributed by atoms with E-state index in [2.05, 4.69) is 19.9 Å². The molecule has 3 aromatic heterocycles. The van der Waals surface area contributed by atoms with E-state index in [1.54, 1.807) is 22.7 Å². The highest BCUT2D eigenvalue weighted by Crippen LogP contribution is 2.36. The second-order valence-electron chi connectivity index (χ2n) is 4.70. The van der Waals surface area contributed by atoms with Crippen LogP contribution < -0.4 is 0 Å². The zero-order chi connectivity index (χ0) is 15.0. The van der Waals surface area contributed by atoms with Crippen LogP contribution in [0.1, 0.15) is 14.6 Å². The van der Waals surface area contributed by atoms with E-state index < -0.39 is 5.97 Å². The van der Waals surface area contributed by atoms with Crippen LogP contribution in [0.3, 0.4) is 0 Å². The van der Waals surface area contributed by atoms with Crippen molar-refractivity contribution in [3.05, 3.63) is 38.2 Å². The summed E-state index contributed by atoms with van der Waals surface area (Å²) >= 11 is 4.92. The fourth-order valence-corrected chi connectivity index (χ4v) is 5.03. The van der Waals surface area contributed by atoms with Gasteiger partial charge in [0.05, 0.1) is 17.0 Å². The summed E-state index contributed by atoms with van der Waals surface area (Å²) in [5.41, 5.74) is 2.14. The lowest BCUT2D eigenvalue weighted by atomic mass is 10.2. The molecule has 0 amide bonds. The molecule has 0 aliphatic heterocycles. The molecule has 0 bridgehead atoms. The zero-order valence-electron chi connectivity index (χ0n) is 11.5. The number of thiazole rings is 1. The maximum Gasteiger partial charge on any atom is 0.308 e. The third-order valence-electron chi connectivity index (χ3n) is 3.02. The van der Waals surface area contributed by atoms with Crippen LogP contribution in [0.2, 0.25) is 0 Å². The topological polar surface area (TPSA) is 50.2 Å². The Balaban J connectivity index is 1.89. The highest BCUT2D eigenvalue weighted by Gasteiger charge is 2.13. The molecule has 0 aliphatic rings. The third-order valence-corrected chi connectivity index (χ3v) is 5.96. The average molecular weight is 335 g/mol.